The smallest absolute Gasteiger partial charge is 0.355 e. The highest BCUT2D eigenvalue weighted by Gasteiger charge is 2.18. The Labute approximate surface area is 74.5 Å². The van der Waals surface area contributed by atoms with Crippen molar-refractivity contribution in [3.8, 4) is 0 Å². The fourth-order valence-electron chi connectivity index (χ4n) is 0.867. The first-order valence-corrected chi connectivity index (χ1v) is 3.89. The van der Waals surface area contributed by atoms with Crippen molar-refractivity contribution in [2.75, 3.05) is 0 Å². The summed E-state index contributed by atoms with van der Waals surface area (Å²) in [6, 6.07) is 0. The lowest BCUT2D eigenvalue weighted by Gasteiger charge is -1.98. The molecule has 12 heavy (non-hydrogen) atoms. The van der Waals surface area contributed by atoms with Crippen LogP contribution < -0.4 is 0 Å². The molecule has 0 aliphatic rings. The number of nitrogens with zero attached hydrogens (tertiary/aromatic N) is 1. The molecule has 0 spiro atoms. The van der Waals surface area contributed by atoms with Crippen molar-refractivity contribution in [1.29, 1.82) is 0 Å². The van der Waals surface area contributed by atoms with Crippen molar-refractivity contribution in [3.63, 3.8) is 0 Å². The summed E-state index contributed by atoms with van der Waals surface area (Å²) < 4.78 is 0. The van der Waals surface area contributed by atoms with Crippen LogP contribution in [0.4, 0.5) is 0 Å². The topological polar surface area (TPSA) is 66.0 Å². The van der Waals surface area contributed by atoms with E-state index in [4.69, 9.17) is 16.7 Å². The van der Waals surface area contributed by atoms with Gasteiger partial charge in [0.2, 0.25) is 0 Å². The Balaban J connectivity index is 3.13. The maximum absolute atomic E-state index is 10.5. The van der Waals surface area contributed by atoms with Crippen LogP contribution in [0.1, 0.15) is 35.9 Å². The fraction of sp³-hybridized carbons (Fsp3) is 0.429. The van der Waals surface area contributed by atoms with Crippen molar-refractivity contribution in [2.45, 2.75) is 19.8 Å². The highest BCUT2D eigenvalue weighted by atomic mass is 35.5. The minimum absolute atomic E-state index is 0.0413. The molecule has 1 aromatic heterocycles. The Morgan fingerprint density at radius 1 is 1.67 bits per heavy atom. The predicted octanol–water partition coefficient (Wildman–Crippen LogP) is 1.88. The summed E-state index contributed by atoms with van der Waals surface area (Å²) in [7, 11) is 0. The van der Waals surface area contributed by atoms with Gasteiger partial charge in [0.15, 0.2) is 5.69 Å². The molecule has 0 unspecified atom stereocenters. The van der Waals surface area contributed by atoms with Crippen LogP contribution in [-0.4, -0.2) is 21.3 Å². The Bertz CT molecular complexity index is 306. The van der Waals surface area contributed by atoms with Gasteiger partial charge < -0.3 is 5.11 Å². The van der Waals surface area contributed by atoms with E-state index in [0.717, 1.165) is 0 Å². The molecule has 0 saturated carbocycles. The van der Waals surface area contributed by atoms with Crippen LogP contribution in [0.3, 0.4) is 0 Å². The third kappa shape index (κ3) is 1.43. The monoisotopic (exact) mass is 188 g/mol. The first kappa shape index (κ1) is 9.06. The Hall–Kier alpha value is -1.03. The lowest BCUT2D eigenvalue weighted by Crippen LogP contribution is -1.97. The molecule has 2 N–H and O–H groups in total. The average molecular weight is 189 g/mol. The molecular formula is C7H9ClN2O2. The fourth-order valence-corrected chi connectivity index (χ4v) is 1.25. The number of carboxylic acid groups (broad SMARTS) is 1. The molecule has 4 nitrogen and oxygen atoms in total. The zero-order valence-corrected chi connectivity index (χ0v) is 7.51. The van der Waals surface area contributed by atoms with Crippen LogP contribution in [-0.2, 0) is 0 Å². The van der Waals surface area contributed by atoms with Gasteiger partial charge in [-0.25, -0.2) is 4.79 Å². The van der Waals surface area contributed by atoms with Crippen molar-refractivity contribution in [2.24, 2.45) is 0 Å². The second kappa shape index (κ2) is 3.15. The maximum atomic E-state index is 10.5. The molecule has 1 heterocycles. The van der Waals surface area contributed by atoms with Crippen LogP contribution >= 0.6 is 11.6 Å². The Morgan fingerprint density at radius 3 is 2.50 bits per heavy atom. The molecule has 5 heteroatoms. The highest BCUT2D eigenvalue weighted by molar-refractivity contribution is 6.33. The molecule has 1 rings (SSSR count). The third-order valence-corrected chi connectivity index (χ3v) is 1.88. The summed E-state index contributed by atoms with van der Waals surface area (Å²) in [6.07, 6.45) is 0. The summed E-state index contributed by atoms with van der Waals surface area (Å²) in [5.41, 5.74) is 0.550. The summed E-state index contributed by atoms with van der Waals surface area (Å²) in [5.74, 6) is -0.957. The normalized spacial score (nSPS) is 10.7. The van der Waals surface area contributed by atoms with E-state index >= 15 is 0 Å². The highest BCUT2D eigenvalue weighted by Crippen LogP contribution is 2.24. The van der Waals surface area contributed by atoms with Crippen LogP contribution in [0.15, 0.2) is 0 Å². The van der Waals surface area contributed by atoms with E-state index in [1.807, 2.05) is 13.8 Å². The zero-order chi connectivity index (χ0) is 9.30. The first-order valence-electron chi connectivity index (χ1n) is 3.51. The van der Waals surface area contributed by atoms with Gasteiger partial charge >= 0.3 is 5.97 Å². The van der Waals surface area contributed by atoms with Crippen LogP contribution in [0, 0.1) is 0 Å². The standard InChI is InChI=1S/C7H9ClN2O2/c1-3(2)5-4(8)6(7(11)12)10-9-5/h3H,1-2H3,(H,9,10)(H,11,12). The molecule has 66 valence electrons. The molecule has 1 aromatic rings. The number of halogens is 1. The van der Waals surface area contributed by atoms with E-state index in [1.165, 1.54) is 0 Å². The first-order chi connectivity index (χ1) is 5.54. The van der Waals surface area contributed by atoms with E-state index in [-0.39, 0.29) is 16.6 Å². The Morgan fingerprint density at radius 2 is 2.25 bits per heavy atom. The SMILES string of the molecule is CC(C)c1n[nH]c(C(=O)O)c1Cl. The minimum Gasteiger partial charge on any atom is -0.476 e. The number of nitrogens with one attached hydrogen (secondary N) is 1. The van der Waals surface area contributed by atoms with Crippen LogP contribution in [0.2, 0.25) is 5.02 Å². The summed E-state index contributed by atoms with van der Waals surface area (Å²) in [4.78, 5) is 10.5. The van der Waals surface area contributed by atoms with Crippen LogP contribution in [0.25, 0.3) is 0 Å². The number of aromatic nitrogens is 2. The molecular weight excluding hydrogens is 180 g/mol. The van der Waals surface area contributed by atoms with E-state index < -0.39 is 5.97 Å². The number of rotatable bonds is 2. The number of carboxylic acids is 1. The third-order valence-electron chi connectivity index (χ3n) is 1.49. The van der Waals surface area contributed by atoms with Gasteiger partial charge in [0.1, 0.15) is 0 Å². The van der Waals surface area contributed by atoms with Gasteiger partial charge in [0.05, 0.1) is 10.7 Å². The van der Waals surface area contributed by atoms with Crippen molar-refractivity contribution < 1.29 is 9.90 Å². The summed E-state index contributed by atoms with van der Waals surface area (Å²) >= 11 is 5.74. The van der Waals surface area contributed by atoms with Gasteiger partial charge in [0.25, 0.3) is 0 Å². The number of aromatic amines is 1. The molecule has 0 aromatic carbocycles. The molecule has 0 radical (unpaired) electrons. The van der Waals surface area contributed by atoms with E-state index in [9.17, 15) is 4.79 Å². The van der Waals surface area contributed by atoms with Gasteiger partial charge in [-0.1, -0.05) is 25.4 Å². The summed E-state index contributed by atoms with van der Waals surface area (Å²) in [5, 5.41) is 15.0. The lowest BCUT2D eigenvalue weighted by molar-refractivity contribution is 0.0690. The minimum atomic E-state index is -1.08. The Kier molecular flexibility index (Phi) is 2.38. The van der Waals surface area contributed by atoms with Crippen LogP contribution in [0.5, 0.6) is 0 Å². The van der Waals surface area contributed by atoms with Gasteiger partial charge in [-0.05, 0) is 5.92 Å². The number of hydrogen-bond acceptors (Lipinski definition) is 2. The molecule has 0 amide bonds. The number of aromatic carboxylic acids is 1. The van der Waals surface area contributed by atoms with E-state index in [0.29, 0.717) is 5.69 Å². The molecule has 0 aliphatic heterocycles. The number of hydrogen-bond donors (Lipinski definition) is 2. The van der Waals surface area contributed by atoms with Gasteiger partial charge in [-0.2, -0.15) is 5.10 Å². The van der Waals surface area contributed by atoms with Gasteiger partial charge in [0, 0.05) is 0 Å². The van der Waals surface area contributed by atoms with Crippen molar-refractivity contribution >= 4 is 17.6 Å². The van der Waals surface area contributed by atoms with Crippen molar-refractivity contribution in [3.05, 3.63) is 16.4 Å². The van der Waals surface area contributed by atoms with E-state index in [1.54, 1.807) is 0 Å². The largest absolute Gasteiger partial charge is 0.476 e. The summed E-state index contributed by atoms with van der Waals surface area (Å²) in [6.45, 7) is 3.79. The van der Waals surface area contributed by atoms with Crippen molar-refractivity contribution in [1.82, 2.24) is 10.2 Å². The average Bonchev–Trinajstić information content (AvgIpc) is 2.30. The quantitative estimate of drug-likeness (QED) is 0.745. The number of H-pyrrole nitrogens is 1. The molecule has 0 bridgehead atoms. The molecule has 0 aliphatic carbocycles. The molecule has 0 saturated heterocycles. The van der Waals surface area contributed by atoms with E-state index in [2.05, 4.69) is 10.2 Å². The van der Waals surface area contributed by atoms with Gasteiger partial charge in [-0.3, -0.25) is 5.10 Å². The number of carbonyl (C=O) groups is 1. The second-order valence-electron chi connectivity index (χ2n) is 2.76. The maximum Gasteiger partial charge on any atom is 0.355 e. The molecule has 0 fully saturated rings. The molecule has 0 atom stereocenters. The second-order valence-corrected chi connectivity index (χ2v) is 3.14. The predicted molar refractivity (Wildman–Crippen MR) is 44.6 cm³/mol. The zero-order valence-electron chi connectivity index (χ0n) is 6.76. The van der Waals surface area contributed by atoms with Gasteiger partial charge in [-0.15, -0.1) is 0 Å². The lowest BCUT2D eigenvalue weighted by atomic mass is 10.1.